The summed E-state index contributed by atoms with van der Waals surface area (Å²) < 4.78 is 10.00. The van der Waals surface area contributed by atoms with Crippen molar-refractivity contribution in [3.63, 3.8) is 0 Å². The van der Waals surface area contributed by atoms with E-state index in [4.69, 9.17) is 4.42 Å². The van der Waals surface area contributed by atoms with Gasteiger partial charge < -0.3 is 14.5 Å². The zero-order chi connectivity index (χ0) is 12.0. The molecule has 7 heteroatoms. The van der Waals surface area contributed by atoms with Gasteiger partial charge in [-0.3, -0.25) is 10.1 Å². The van der Waals surface area contributed by atoms with E-state index >= 15 is 0 Å². The lowest BCUT2D eigenvalue weighted by atomic mass is 10.4. The molecule has 2 amide bonds. The Hall–Kier alpha value is -1.50. The maximum Gasteiger partial charge on any atom is 0.321 e. The molecule has 0 bridgehead atoms. The monoisotopic (exact) mass is 290 g/mol. The van der Waals surface area contributed by atoms with Crippen molar-refractivity contribution in [1.29, 1.82) is 0 Å². The summed E-state index contributed by atoms with van der Waals surface area (Å²) in [5, 5.41) is 4.94. The summed E-state index contributed by atoms with van der Waals surface area (Å²) in [7, 11) is 1.29. The molecule has 0 fully saturated rings. The summed E-state index contributed by atoms with van der Waals surface area (Å²) in [5.41, 5.74) is 0. The maximum atomic E-state index is 11.2. The molecule has 0 spiro atoms. The number of carbonyl (C=O) groups is 2. The third-order valence-corrected chi connectivity index (χ3v) is 2.08. The second-order valence-corrected chi connectivity index (χ2v) is 3.59. The van der Waals surface area contributed by atoms with Crippen LogP contribution in [-0.2, 0) is 9.53 Å². The Morgan fingerprint density at radius 3 is 2.81 bits per heavy atom. The lowest BCUT2D eigenvalue weighted by molar-refractivity contribution is -0.140. The summed E-state index contributed by atoms with van der Waals surface area (Å²) in [6.45, 7) is 0.209. The molecular weight excluding hydrogens is 280 g/mol. The van der Waals surface area contributed by atoms with E-state index in [0.717, 1.165) is 0 Å². The minimum atomic E-state index is -0.439. The van der Waals surface area contributed by atoms with Crippen molar-refractivity contribution in [3.05, 3.63) is 16.8 Å². The molecule has 16 heavy (non-hydrogen) atoms. The number of urea groups is 1. The predicted octanol–water partition coefficient (Wildman–Crippen LogP) is 1.73. The van der Waals surface area contributed by atoms with Crippen molar-refractivity contribution in [2.24, 2.45) is 0 Å². The predicted molar refractivity (Wildman–Crippen MR) is 60.1 cm³/mol. The first kappa shape index (κ1) is 12.6. The first-order valence-electron chi connectivity index (χ1n) is 4.49. The van der Waals surface area contributed by atoms with Crippen molar-refractivity contribution in [1.82, 2.24) is 5.32 Å². The van der Waals surface area contributed by atoms with Gasteiger partial charge in [0.2, 0.25) is 5.88 Å². The van der Waals surface area contributed by atoms with Gasteiger partial charge in [0.1, 0.15) is 0 Å². The highest BCUT2D eigenvalue weighted by Crippen LogP contribution is 2.17. The van der Waals surface area contributed by atoms with E-state index in [-0.39, 0.29) is 18.9 Å². The number of rotatable bonds is 4. The Morgan fingerprint density at radius 2 is 2.25 bits per heavy atom. The van der Waals surface area contributed by atoms with Crippen molar-refractivity contribution in [3.8, 4) is 0 Å². The third kappa shape index (κ3) is 4.35. The Balaban J connectivity index is 2.23. The van der Waals surface area contributed by atoms with E-state index in [1.807, 2.05) is 0 Å². The lowest BCUT2D eigenvalue weighted by Gasteiger charge is -2.04. The normalized spacial score (nSPS) is 9.62. The molecule has 0 aliphatic rings. The molecule has 0 aromatic carbocycles. The number of methoxy groups -OCH3 is 1. The summed E-state index contributed by atoms with van der Waals surface area (Å²) in [6.07, 6.45) is 0.131. The largest absolute Gasteiger partial charge is 0.469 e. The molecule has 0 saturated carbocycles. The molecule has 1 aromatic rings. The van der Waals surface area contributed by atoms with E-state index in [1.165, 1.54) is 7.11 Å². The summed E-state index contributed by atoms with van der Waals surface area (Å²) in [5.74, 6) is -0.0523. The smallest absolute Gasteiger partial charge is 0.321 e. The fourth-order valence-electron chi connectivity index (χ4n) is 0.918. The molecule has 2 N–H and O–H groups in total. The number of hydrogen-bond donors (Lipinski definition) is 2. The van der Waals surface area contributed by atoms with Crippen LogP contribution in [0.25, 0.3) is 0 Å². The molecule has 6 nitrogen and oxygen atoms in total. The zero-order valence-corrected chi connectivity index (χ0v) is 10.2. The molecule has 0 radical (unpaired) electrons. The molecule has 1 heterocycles. The van der Waals surface area contributed by atoms with Gasteiger partial charge in [0.25, 0.3) is 0 Å². The van der Waals surface area contributed by atoms with Crippen LogP contribution in [0.5, 0.6) is 0 Å². The van der Waals surface area contributed by atoms with Crippen LogP contribution >= 0.6 is 15.9 Å². The van der Waals surface area contributed by atoms with E-state index < -0.39 is 6.03 Å². The minimum Gasteiger partial charge on any atom is -0.469 e. The first-order valence-corrected chi connectivity index (χ1v) is 5.28. The number of ether oxygens (including phenoxy) is 1. The Labute approximate surface area is 100 Å². The summed E-state index contributed by atoms with van der Waals surface area (Å²) in [6, 6.07) is 2.82. The average molecular weight is 291 g/mol. The maximum absolute atomic E-state index is 11.2. The van der Waals surface area contributed by atoms with Gasteiger partial charge in [0, 0.05) is 12.6 Å². The van der Waals surface area contributed by atoms with Crippen molar-refractivity contribution >= 4 is 33.8 Å². The number of furan rings is 1. The Morgan fingerprint density at radius 1 is 1.50 bits per heavy atom. The topological polar surface area (TPSA) is 80.6 Å². The minimum absolute atomic E-state index is 0.131. The highest BCUT2D eigenvalue weighted by molar-refractivity contribution is 9.10. The molecule has 1 aromatic heterocycles. The fourth-order valence-corrected chi connectivity index (χ4v) is 1.22. The number of halogens is 1. The van der Waals surface area contributed by atoms with Crippen molar-refractivity contribution in [2.75, 3.05) is 19.0 Å². The molecule has 1 rings (SSSR count). The van der Waals surface area contributed by atoms with Gasteiger partial charge in [0.05, 0.1) is 13.5 Å². The Bertz CT molecular complexity index is 377. The number of amides is 2. The van der Waals surface area contributed by atoms with Crippen molar-refractivity contribution < 1.29 is 18.7 Å². The highest BCUT2D eigenvalue weighted by Gasteiger charge is 2.06. The second-order valence-electron chi connectivity index (χ2n) is 2.81. The number of nitrogens with one attached hydrogen (secondary N) is 2. The number of carbonyl (C=O) groups excluding carboxylic acids is 2. The average Bonchev–Trinajstić information content (AvgIpc) is 2.63. The first-order chi connectivity index (χ1) is 7.61. The molecule has 0 aliphatic carbocycles. The highest BCUT2D eigenvalue weighted by atomic mass is 79.9. The van der Waals surface area contributed by atoms with Crippen LogP contribution in [0.3, 0.4) is 0 Å². The molecular formula is C9H11BrN2O4. The van der Waals surface area contributed by atoms with E-state index in [2.05, 4.69) is 31.3 Å². The number of esters is 1. The zero-order valence-electron chi connectivity index (χ0n) is 8.58. The van der Waals surface area contributed by atoms with Crippen LogP contribution in [0.2, 0.25) is 0 Å². The summed E-state index contributed by atoms with van der Waals surface area (Å²) >= 11 is 3.10. The SMILES string of the molecule is COC(=O)CCNC(=O)Nc1ccc(Br)o1. The molecule has 0 atom stereocenters. The van der Waals surface area contributed by atoms with E-state index in [1.54, 1.807) is 12.1 Å². The van der Waals surface area contributed by atoms with Gasteiger partial charge >= 0.3 is 12.0 Å². The van der Waals surface area contributed by atoms with Crippen LogP contribution in [-0.4, -0.2) is 25.7 Å². The van der Waals surface area contributed by atoms with Crippen LogP contribution in [0.4, 0.5) is 10.7 Å². The summed E-state index contributed by atoms with van der Waals surface area (Å²) in [4.78, 5) is 22.0. The van der Waals surface area contributed by atoms with Gasteiger partial charge in [-0.1, -0.05) is 0 Å². The molecule has 0 saturated heterocycles. The molecule has 0 unspecified atom stereocenters. The van der Waals surface area contributed by atoms with Crippen molar-refractivity contribution in [2.45, 2.75) is 6.42 Å². The van der Waals surface area contributed by atoms with Gasteiger partial charge in [-0.05, 0) is 22.0 Å². The van der Waals surface area contributed by atoms with Crippen LogP contribution in [0.15, 0.2) is 21.2 Å². The fraction of sp³-hybridized carbons (Fsp3) is 0.333. The third-order valence-electron chi connectivity index (χ3n) is 1.65. The Kier molecular flexibility index (Phi) is 4.84. The van der Waals surface area contributed by atoms with Gasteiger partial charge in [-0.15, -0.1) is 0 Å². The quantitative estimate of drug-likeness (QED) is 0.828. The van der Waals surface area contributed by atoms with Crippen LogP contribution in [0.1, 0.15) is 6.42 Å². The van der Waals surface area contributed by atoms with E-state index in [0.29, 0.717) is 10.6 Å². The van der Waals surface area contributed by atoms with Crippen LogP contribution < -0.4 is 10.6 Å². The lowest BCUT2D eigenvalue weighted by Crippen LogP contribution is -2.30. The standard InChI is InChI=1S/C9H11BrN2O4/c1-15-8(13)4-5-11-9(14)12-7-3-2-6(10)16-7/h2-3H,4-5H2,1H3,(H2,11,12,14). The number of hydrogen-bond acceptors (Lipinski definition) is 4. The second kappa shape index (κ2) is 6.16. The molecule has 0 aliphatic heterocycles. The van der Waals surface area contributed by atoms with E-state index in [9.17, 15) is 9.59 Å². The van der Waals surface area contributed by atoms with Gasteiger partial charge in [-0.2, -0.15) is 0 Å². The molecule has 88 valence electrons. The van der Waals surface area contributed by atoms with Gasteiger partial charge in [0.15, 0.2) is 4.67 Å². The number of anilines is 1. The van der Waals surface area contributed by atoms with Crippen LogP contribution in [0, 0.1) is 0 Å². The van der Waals surface area contributed by atoms with Gasteiger partial charge in [-0.25, -0.2) is 4.79 Å².